The van der Waals surface area contributed by atoms with E-state index in [2.05, 4.69) is 21.3 Å². The lowest BCUT2D eigenvalue weighted by Gasteiger charge is -2.23. The van der Waals surface area contributed by atoms with Gasteiger partial charge in [0, 0.05) is 30.0 Å². The molecule has 0 saturated heterocycles. The van der Waals surface area contributed by atoms with Crippen LogP contribution in [-0.4, -0.2) is 66.0 Å². The van der Waals surface area contributed by atoms with Gasteiger partial charge in [0.2, 0.25) is 23.6 Å². The summed E-state index contributed by atoms with van der Waals surface area (Å²) in [6.45, 7) is 2.86. The van der Waals surface area contributed by atoms with E-state index in [4.69, 9.17) is 15.6 Å². The molecule has 4 atom stereocenters. The molecule has 0 radical (unpaired) electrons. The van der Waals surface area contributed by atoms with Crippen molar-refractivity contribution in [1.29, 1.82) is 0 Å². The molecule has 12 heteroatoms. The summed E-state index contributed by atoms with van der Waals surface area (Å²) in [4.78, 5) is 62.2. The first kappa shape index (κ1) is 32.5. The highest BCUT2D eigenvalue weighted by molar-refractivity contribution is 6.01. The van der Waals surface area contributed by atoms with Crippen molar-refractivity contribution in [3.05, 3.63) is 72.3 Å². The van der Waals surface area contributed by atoms with Gasteiger partial charge in [0.05, 0.1) is 13.2 Å². The Morgan fingerprint density at radius 3 is 2.07 bits per heavy atom. The highest BCUT2D eigenvalue weighted by Gasteiger charge is 2.27. The average Bonchev–Trinajstić information content (AvgIpc) is 2.99. The second kappa shape index (κ2) is 15.3. The number of hydrogen-bond acceptors (Lipinski definition) is 7. The van der Waals surface area contributed by atoms with Gasteiger partial charge in [-0.15, -0.1) is 0 Å². The van der Waals surface area contributed by atoms with E-state index in [-0.39, 0.29) is 19.3 Å². The summed E-state index contributed by atoms with van der Waals surface area (Å²) in [6.07, 6.45) is -0.200. The number of aliphatic carboxylic acids is 1. The van der Waals surface area contributed by atoms with Crippen LogP contribution in [0, 0.1) is 0 Å². The summed E-state index contributed by atoms with van der Waals surface area (Å²) in [7, 11) is 1.54. The first-order valence-corrected chi connectivity index (χ1v) is 13.8. The Morgan fingerprint density at radius 2 is 1.42 bits per heavy atom. The molecule has 0 heterocycles. The number of amides is 4. The third-order valence-electron chi connectivity index (χ3n) is 6.74. The van der Waals surface area contributed by atoms with Crippen LogP contribution >= 0.6 is 0 Å². The monoisotopic (exact) mass is 591 g/mol. The Morgan fingerprint density at radius 1 is 0.814 bits per heavy atom. The Kier molecular flexibility index (Phi) is 11.6. The maximum Gasteiger partial charge on any atom is 0.303 e. The molecule has 0 aliphatic carbocycles. The minimum Gasteiger partial charge on any atom is -0.496 e. The summed E-state index contributed by atoms with van der Waals surface area (Å²) in [5.41, 5.74) is 6.99. The van der Waals surface area contributed by atoms with Crippen LogP contribution in [0.1, 0.15) is 32.3 Å². The molecule has 3 rings (SSSR count). The van der Waals surface area contributed by atoms with Gasteiger partial charge in [0.15, 0.2) is 0 Å². The van der Waals surface area contributed by atoms with E-state index >= 15 is 0 Å². The van der Waals surface area contributed by atoms with Crippen molar-refractivity contribution in [2.75, 3.05) is 12.4 Å². The average molecular weight is 592 g/mol. The fourth-order valence-electron chi connectivity index (χ4n) is 4.30. The number of ether oxygens (including phenoxy) is 1. The minimum absolute atomic E-state index is 0.0921. The molecule has 7 N–H and O–H groups in total. The standard InChI is InChI=1S/C31H37N5O7/c1-18(34-30(41)24(32)13-14-27(37)38)28(39)33-19(2)29(40)36-25(15-20-9-5-4-6-10-20)31(42)35-22-16-21-11-7-8-12-23(21)26(17-22)43-3/h4-12,16-19,24-25H,13-15,32H2,1-3H3,(H,33,39)(H,34,41)(H,35,42)(H,36,40)(H,37,38). The molecule has 0 aromatic heterocycles. The van der Waals surface area contributed by atoms with Gasteiger partial charge in [0.1, 0.15) is 23.9 Å². The quantitative estimate of drug-likeness (QED) is 0.163. The molecule has 0 aliphatic heterocycles. The highest BCUT2D eigenvalue weighted by atomic mass is 16.5. The van der Waals surface area contributed by atoms with Crippen LogP contribution in [0.3, 0.4) is 0 Å². The molecular formula is C31H37N5O7. The first-order valence-electron chi connectivity index (χ1n) is 13.8. The van der Waals surface area contributed by atoms with Gasteiger partial charge in [0.25, 0.3) is 0 Å². The summed E-state index contributed by atoms with van der Waals surface area (Å²) in [5.74, 6) is -2.94. The van der Waals surface area contributed by atoms with Crippen LogP contribution in [0.15, 0.2) is 66.7 Å². The van der Waals surface area contributed by atoms with Crippen molar-refractivity contribution < 1.29 is 33.8 Å². The lowest BCUT2D eigenvalue weighted by molar-refractivity contribution is -0.137. The number of fused-ring (bicyclic) bond motifs is 1. The highest BCUT2D eigenvalue weighted by Crippen LogP contribution is 2.29. The van der Waals surface area contributed by atoms with Crippen LogP contribution in [0.2, 0.25) is 0 Å². The van der Waals surface area contributed by atoms with Crippen molar-refractivity contribution in [1.82, 2.24) is 16.0 Å². The molecule has 3 aromatic rings. The van der Waals surface area contributed by atoms with Crippen LogP contribution in [0.5, 0.6) is 5.75 Å². The van der Waals surface area contributed by atoms with Gasteiger partial charge in [-0.2, -0.15) is 0 Å². The number of methoxy groups -OCH3 is 1. The predicted molar refractivity (Wildman–Crippen MR) is 161 cm³/mol. The number of anilines is 1. The van der Waals surface area contributed by atoms with Crippen LogP contribution < -0.4 is 31.7 Å². The third kappa shape index (κ3) is 9.54. The largest absolute Gasteiger partial charge is 0.496 e. The Hall–Kier alpha value is -4.97. The second-order valence-corrected chi connectivity index (χ2v) is 10.1. The van der Waals surface area contributed by atoms with Gasteiger partial charge in [-0.05, 0) is 37.3 Å². The molecule has 4 amide bonds. The normalized spacial score (nSPS) is 13.6. The van der Waals surface area contributed by atoms with E-state index in [1.54, 1.807) is 13.2 Å². The second-order valence-electron chi connectivity index (χ2n) is 10.1. The number of carbonyl (C=O) groups excluding carboxylic acids is 4. The fraction of sp³-hybridized carbons (Fsp3) is 0.323. The first-order chi connectivity index (χ1) is 20.5. The summed E-state index contributed by atoms with van der Waals surface area (Å²) < 4.78 is 5.50. The predicted octanol–water partition coefficient (Wildman–Crippen LogP) is 1.72. The smallest absolute Gasteiger partial charge is 0.303 e. The van der Waals surface area contributed by atoms with Crippen molar-refractivity contribution in [2.45, 2.75) is 57.3 Å². The lowest BCUT2D eigenvalue weighted by Crippen LogP contribution is -2.56. The van der Waals surface area contributed by atoms with Crippen LogP contribution in [-0.2, 0) is 30.4 Å². The molecule has 0 aliphatic rings. The van der Waals surface area contributed by atoms with E-state index in [0.29, 0.717) is 11.4 Å². The number of benzene rings is 3. The molecule has 4 unspecified atom stereocenters. The van der Waals surface area contributed by atoms with Crippen molar-refractivity contribution >= 4 is 46.1 Å². The van der Waals surface area contributed by atoms with E-state index in [9.17, 15) is 24.0 Å². The number of carbonyl (C=O) groups is 5. The Labute approximate surface area is 249 Å². The van der Waals surface area contributed by atoms with Gasteiger partial charge in [-0.3, -0.25) is 24.0 Å². The van der Waals surface area contributed by atoms with E-state index in [0.717, 1.165) is 16.3 Å². The molecule has 228 valence electrons. The maximum atomic E-state index is 13.5. The minimum atomic E-state index is -1.10. The number of hydrogen-bond donors (Lipinski definition) is 6. The SMILES string of the molecule is COc1cc(NC(=O)C(Cc2ccccc2)NC(=O)C(C)NC(=O)C(C)NC(=O)C(N)CCC(=O)O)cc2ccccc12. The zero-order valence-electron chi connectivity index (χ0n) is 24.3. The third-order valence-corrected chi connectivity index (χ3v) is 6.74. The molecule has 0 saturated carbocycles. The fourth-order valence-corrected chi connectivity index (χ4v) is 4.30. The molecule has 43 heavy (non-hydrogen) atoms. The zero-order chi connectivity index (χ0) is 31.5. The lowest BCUT2D eigenvalue weighted by atomic mass is 10.0. The van der Waals surface area contributed by atoms with Crippen molar-refractivity contribution in [3.63, 3.8) is 0 Å². The van der Waals surface area contributed by atoms with E-state index in [1.165, 1.54) is 13.8 Å². The number of carboxylic acids is 1. The number of nitrogens with two attached hydrogens (primary N) is 1. The van der Waals surface area contributed by atoms with Gasteiger partial charge >= 0.3 is 5.97 Å². The summed E-state index contributed by atoms with van der Waals surface area (Å²) in [6, 6.07) is 16.0. The number of nitrogens with one attached hydrogen (secondary N) is 4. The molecule has 3 aromatic carbocycles. The zero-order valence-corrected chi connectivity index (χ0v) is 24.3. The van der Waals surface area contributed by atoms with Gasteiger partial charge in [-0.25, -0.2) is 0 Å². The van der Waals surface area contributed by atoms with Gasteiger partial charge < -0.3 is 36.8 Å². The topological polar surface area (TPSA) is 189 Å². The maximum absolute atomic E-state index is 13.5. The van der Waals surface area contributed by atoms with Crippen LogP contribution in [0.4, 0.5) is 5.69 Å². The summed E-state index contributed by atoms with van der Waals surface area (Å²) >= 11 is 0. The molecule has 12 nitrogen and oxygen atoms in total. The van der Waals surface area contributed by atoms with E-state index < -0.39 is 53.8 Å². The van der Waals surface area contributed by atoms with Crippen LogP contribution in [0.25, 0.3) is 10.8 Å². The van der Waals surface area contributed by atoms with E-state index in [1.807, 2.05) is 60.7 Å². The van der Waals surface area contributed by atoms with Gasteiger partial charge in [-0.1, -0.05) is 54.6 Å². The Balaban J connectivity index is 1.68. The molecule has 0 spiro atoms. The summed E-state index contributed by atoms with van der Waals surface area (Å²) in [5, 5.41) is 21.0. The molecule has 0 bridgehead atoms. The molecule has 0 fully saturated rings. The molecular weight excluding hydrogens is 554 g/mol. The van der Waals surface area contributed by atoms with Crippen molar-refractivity contribution in [2.24, 2.45) is 5.73 Å². The van der Waals surface area contributed by atoms with Crippen molar-refractivity contribution in [3.8, 4) is 5.75 Å². The number of carboxylic acid groups (broad SMARTS) is 1. The number of rotatable bonds is 14. The Bertz CT molecular complexity index is 1460.